The van der Waals surface area contributed by atoms with Crippen LogP contribution in [0.4, 0.5) is 0 Å². The Hall–Kier alpha value is -0.530. The minimum Gasteiger partial charge on any atom is -0.378 e. The summed E-state index contributed by atoms with van der Waals surface area (Å²) in [6.07, 6.45) is 1.03. The first-order valence-corrected chi connectivity index (χ1v) is 7.95. The zero-order chi connectivity index (χ0) is 14.5. The van der Waals surface area contributed by atoms with E-state index in [2.05, 4.69) is 29.2 Å². The minimum absolute atomic E-state index is 0.567. The van der Waals surface area contributed by atoms with E-state index in [1.165, 1.54) is 9.88 Å². The van der Waals surface area contributed by atoms with Gasteiger partial charge in [-0.25, -0.2) is 4.98 Å². The van der Waals surface area contributed by atoms with E-state index in [-0.39, 0.29) is 0 Å². The van der Waals surface area contributed by atoms with Crippen LogP contribution >= 0.6 is 11.3 Å². The van der Waals surface area contributed by atoms with E-state index in [4.69, 9.17) is 9.72 Å². The predicted molar refractivity (Wildman–Crippen MR) is 83.2 cm³/mol. The number of methoxy groups -OCH3 is 1. The maximum Gasteiger partial charge on any atom is 0.0948 e. The van der Waals surface area contributed by atoms with Crippen molar-refractivity contribution >= 4 is 11.3 Å². The Bertz CT molecular complexity index is 400. The summed E-state index contributed by atoms with van der Waals surface area (Å²) >= 11 is 1.82. The van der Waals surface area contributed by atoms with Crippen molar-refractivity contribution in [3.8, 4) is 0 Å². The van der Waals surface area contributed by atoms with E-state index in [0.717, 1.165) is 38.3 Å². The highest BCUT2D eigenvalue weighted by Gasteiger charge is 2.24. The van der Waals surface area contributed by atoms with Crippen LogP contribution in [0.2, 0.25) is 0 Å². The third kappa shape index (κ3) is 3.99. The van der Waals surface area contributed by atoms with Gasteiger partial charge in [0.1, 0.15) is 0 Å². The summed E-state index contributed by atoms with van der Waals surface area (Å²) in [6.45, 7) is 4.90. The van der Waals surface area contributed by atoms with E-state index in [0.29, 0.717) is 12.6 Å². The molecule has 0 spiro atoms. The molecule has 1 aliphatic rings. The summed E-state index contributed by atoms with van der Waals surface area (Å²) in [5.41, 5.74) is 1.09. The van der Waals surface area contributed by atoms with E-state index >= 15 is 0 Å². The van der Waals surface area contributed by atoms with Crippen molar-refractivity contribution in [1.82, 2.24) is 20.1 Å². The van der Waals surface area contributed by atoms with Crippen molar-refractivity contribution in [1.29, 1.82) is 0 Å². The van der Waals surface area contributed by atoms with Gasteiger partial charge in [-0.3, -0.25) is 0 Å². The largest absolute Gasteiger partial charge is 0.378 e. The fourth-order valence-corrected chi connectivity index (χ4v) is 3.75. The molecule has 0 aliphatic carbocycles. The Morgan fingerprint density at radius 2 is 2.20 bits per heavy atom. The molecule has 1 N–H and O–H groups in total. The van der Waals surface area contributed by atoms with Gasteiger partial charge in [-0.1, -0.05) is 0 Å². The van der Waals surface area contributed by atoms with Crippen LogP contribution < -0.4 is 5.32 Å². The molecule has 1 aromatic rings. The Morgan fingerprint density at radius 1 is 1.40 bits per heavy atom. The Labute approximate surface area is 125 Å². The molecule has 5 nitrogen and oxygen atoms in total. The number of aromatic nitrogens is 1. The third-order valence-corrected chi connectivity index (χ3v) is 4.95. The Kier molecular flexibility index (Phi) is 5.92. The van der Waals surface area contributed by atoms with Crippen LogP contribution in [-0.4, -0.2) is 68.7 Å². The van der Waals surface area contributed by atoms with Crippen molar-refractivity contribution in [3.05, 3.63) is 15.6 Å². The molecule has 20 heavy (non-hydrogen) atoms. The number of thiazole rings is 1. The number of nitrogens with one attached hydrogen (secondary N) is 1. The zero-order valence-corrected chi connectivity index (χ0v) is 13.8. The van der Waals surface area contributed by atoms with Crippen LogP contribution in [0.3, 0.4) is 0 Å². The standard InChI is InChI=1S/C14H26N4OS/c1-15-8-13-12(10-19-4)16-14(20-13)7-11-9-17(2)5-6-18(11)3/h11,15H,5-10H2,1-4H3. The second-order valence-electron chi connectivity index (χ2n) is 5.54. The highest BCUT2D eigenvalue weighted by molar-refractivity contribution is 7.11. The predicted octanol–water partition coefficient (Wildman–Crippen LogP) is 0.797. The van der Waals surface area contributed by atoms with E-state index < -0.39 is 0 Å². The fourth-order valence-electron chi connectivity index (χ4n) is 2.60. The van der Waals surface area contributed by atoms with Gasteiger partial charge in [0.05, 0.1) is 17.3 Å². The van der Waals surface area contributed by atoms with Gasteiger partial charge < -0.3 is 19.9 Å². The molecular formula is C14H26N4OS. The van der Waals surface area contributed by atoms with Crippen molar-refractivity contribution in [3.63, 3.8) is 0 Å². The molecule has 114 valence electrons. The van der Waals surface area contributed by atoms with Gasteiger partial charge in [0.15, 0.2) is 0 Å². The smallest absolute Gasteiger partial charge is 0.0948 e. The van der Waals surface area contributed by atoms with Gasteiger partial charge in [-0.15, -0.1) is 11.3 Å². The molecule has 2 heterocycles. The quantitative estimate of drug-likeness (QED) is 0.841. The number of hydrogen-bond acceptors (Lipinski definition) is 6. The summed E-state index contributed by atoms with van der Waals surface area (Å²) in [5.74, 6) is 0. The molecule has 1 unspecified atom stereocenters. The van der Waals surface area contributed by atoms with E-state index in [1.54, 1.807) is 7.11 Å². The fraction of sp³-hybridized carbons (Fsp3) is 0.786. The van der Waals surface area contributed by atoms with Crippen molar-refractivity contribution in [2.75, 3.05) is 47.9 Å². The highest BCUT2D eigenvalue weighted by Crippen LogP contribution is 2.22. The minimum atomic E-state index is 0.567. The summed E-state index contributed by atoms with van der Waals surface area (Å²) in [6, 6.07) is 0.567. The van der Waals surface area contributed by atoms with Crippen LogP contribution in [-0.2, 0) is 24.3 Å². The second kappa shape index (κ2) is 7.47. The number of ether oxygens (including phenoxy) is 1. The monoisotopic (exact) mass is 298 g/mol. The second-order valence-corrected chi connectivity index (χ2v) is 6.71. The number of nitrogens with zero attached hydrogens (tertiary/aromatic N) is 3. The molecule has 0 bridgehead atoms. The molecule has 0 aromatic carbocycles. The lowest BCUT2D eigenvalue weighted by atomic mass is 10.1. The lowest BCUT2D eigenvalue weighted by molar-refractivity contribution is 0.114. The number of hydrogen-bond donors (Lipinski definition) is 1. The van der Waals surface area contributed by atoms with Gasteiger partial charge in [0, 0.05) is 50.6 Å². The van der Waals surface area contributed by atoms with Crippen molar-refractivity contribution < 1.29 is 4.74 Å². The van der Waals surface area contributed by atoms with E-state index in [9.17, 15) is 0 Å². The first-order valence-electron chi connectivity index (χ1n) is 7.13. The molecule has 0 saturated carbocycles. The molecular weight excluding hydrogens is 272 g/mol. The molecule has 0 radical (unpaired) electrons. The maximum atomic E-state index is 5.25. The first kappa shape index (κ1) is 15.9. The van der Waals surface area contributed by atoms with Gasteiger partial charge in [-0.05, 0) is 21.1 Å². The number of rotatable bonds is 6. The SMILES string of the molecule is CNCc1sc(CC2CN(C)CCN2C)nc1COC. The topological polar surface area (TPSA) is 40.6 Å². The van der Waals surface area contributed by atoms with Crippen LogP contribution in [0.5, 0.6) is 0 Å². The third-order valence-electron chi connectivity index (χ3n) is 3.83. The van der Waals surface area contributed by atoms with Crippen LogP contribution in [0.25, 0.3) is 0 Å². The molecule has 1 aliphatic heterocycles. The van der Waals surface area contributed by atoms with Crippen LogP contribution in [0.1, 0.15) is 15.6 Å². The van der Waals surface area contributed by atoms with Gasteiger partial charge >= 0.3 is 0 Å². The summed E-state index contributed by atoms with van der Waals surface area (Å²) in [4.78, 5) is 10.9. The van der Waals surface area contributed by atoms with Crippen LogP contribution in [0, 0.1) is 0 Å². The maximum absolute atomic E-state index is 5.25. The molecule has 1 aromatic heterocycles. The van der Waals surface area contributed by atoms with Gasteiger partial charge in [-0.2, -0.15) is 0 Å². The lowest BCUT2D eigenvalue weighted by Gasteiger charge is -2.37. The first-order chi connectivity index (χ1) is 9.63. The molecule has 1 atom stereocenters. The van der Waals surface area contributed by atoms with Gasteiger partial charge in [0.25, 0.3) is 0 Å². The average Bonchev–Trinajstić information content (AvgIpc) is 2.77. The summed E-state index contributed by atoms with van der Waals surface area (Å²) in [5, 5.41) is 4.44. The lowest BCUT2D eigenvalue weighted by Crippen LogP contribution is -2.50. The summed E-state index contributed by atoms with van der Waals surface area (Å²) in [7, 11) is 8.12. The van der Waals surface area contributed by atoms with Gasteiger partial charge in [0.2, 0.25) is 0 Å². The zero-order valence-electron chi connectivity index (χ0n) is 13.0. The molecule has 1 saturated heterocycles. The molecule has 0 amide bonds. The normalized spacial score (nSPS) is 21.5. The summed E-state index contributed by atoms with van der Waals surface area (Å²) < 4.78 is 5.25. The van der Waals surface area contributed by atoms with Crippen molar-refractivity contribution in [2.24, 2.45) is 0 Å². The Morgan fingerprint density at radius 3 is 2.90 bits per heavy atom. The number of likely N-dealkylation sites (N-methyl/N-ethyl adjacent to an activating group) is 2. The average molecular weight is 298 g/mol. The van der Waals surface area contributed by atoms with E-state index in [1.807, 2.05) is 18.4 Å². The number of piperazine rings is 1. The molecule has 1 fully saturated rings. The van der Waals surface area contributed by atoms with Crippen molar-refractivity contribution in [2.45, 2.75) is 25.6 Å². The highest BCUT2D eigenvalue weighted by atomic mass is 32.1. The molecule has 6 heteroatoms. The van der Waals surface area contributed by atoms with Crippen LogP contribution in [0.15, 0.2) is 0 Å². The Balaban J connectivity index is 2.06. The molecule has 2 rings (SSSR count).